The number of nitrogens with two attached hydrogens (primary N) is 1. The summed E-state index contributed by atoms with van der Waals surface area (Å²) >= 11 is 0. The van der Waals surface area contributed by atoms with Gasteiger partial charge < -0.3 is 16.4 Å². The lowest BCUT2D eigenvalue weighted by atomic mass is 10.1. The van der Waals surface area contributed by atoms with Crippen molar-refractivity contribution in [3.05, 3.63) is 29.3 Å². The summed E-state index contributed by atoms with van der Waals surface area (Å²) in [5.74, 6) is -0.606. The number of para-hydroxylation sites is 1. The summed E-state index contributed by atoms with van der Waals surface area (Å²) in [5.41, 5.74) is 7.89. The van der Waals surface area contributed by atoms with E-state index in [1.807, 2.05) is 32.0 Å². The molecule has 0 unspecified atom stereocenters. The largest absolute Gasteiger partial charge is 0.346 e. The summed E-state index contributed by atoms with van der Waals surface area (Å²) in [6, 6.07) is 5.76. The predicted octanol–water partition coefficient (Wildman–Crippen LogP) is 0.739. The second-order valence-corrected chi connectivity index (χ2v) is 3.80. The van der Waals surface area contributed by atoms with Gasteiger partial charge >= 0.3 is 0 Å². The topological polar surface area (TPSA) is 84.2 Å². The van der Waals surface area contributed by atoms with Crippen LogP contribution in [0.5, 0.6) is 0 Å². The van der Waals surface area contributed by atoms with E-state index in [4.69, 9.17) is 5.73 Å². The number of rotatable bonds is 4. The Kier molecular flexibility index (Phi) is 7.00. The highest BCUT2D eigenvalue weighted by Crippen LogP contribution is 2.18. The molecule has 0 aromatic heterocycles. The number of nitrogens with one attached hydrogen (secondary N) is 2. The van der Waals surface area contributed by atoms with Gasteiger partial charge in [0, 0.05) is 5.69 Å². The Morgan fingerprint density at radius 1 is 1.17 bits per heavy atom. The fourth-order valence-electron chi connectivity index (χ4n) is 1.45. The maximum atomic E-state index is 11.6. The highest BCUT2D eigenvalue weighted by molar-refractivity contribution is 5.95. The van der Waals surface area contributed by atoms with E-state index in [9.17, 15) is 9.59 Å². The van der Waals surface area contributed by atoms with Crippen molar-refractivity contribution in [2.24, 2.45) is 5.73 Å². The molecular weight excluding hydrogens is 254 g/mol. The van der Waals surface area contributed by atoms with Crippen LogP contribution in [0, 0.1) is 13.8 Å². The van der Waals surface area contributed by atoms with Gasteiger partial charge in [0.2, 0.25) is 11.8 Å². The van der Waals surface area contributed by atoms with Gasteiger partial charge in [-0.15, -0.1) is 12.4 Å². The Hall–Kier alpha value is -1.59. The first-order chi connectivity index (χ1) is 8.04. The summed E-state index contributed by atoms with van der Waals surface area (Å²) in [6.07, 6.45) is 0. The second kappa shape index (κ2) is 7.68. The Morgan fingerprint density at radius 2 is 1.72 bits per heavy atom. The zero-order chi connectivity index (χ0) is 12.8. The van der Waals surface area contributed by atoms with E-state index < -0.39 is 0 Å². The maximum absolute atomic E-state index is 11.6. The van der Waals surface area contributed by atoms with E-state index in [1.165, 1.54) is 0 Å². The van der Waals surface area contributed by atoms with Gasteiger partial charge in [0.05, 0.1) is 13.1 Å². The molecule has 0 radical (unpaired) electrons. The van der Waals surface area contributed by atoms with Crippen molar-refractivity contribution in [1.82, 2.24) is 5.32 Å². The van der Waals surface area contributed by atoms with E-state index in [-0.39, 0.29) is 37.3 Å². The van der Waals surface area contributed by atoms with Crippen LogP contribution in [0.4, 0.5) is 5.69 Å². The molecule has 6 heteroatoms. The van der Waals surface area contributed by atoms with Gasteiger partial charge in [-0.05, 0) is 25.0 Å². The molecule has 0 fully saturated rings. The summed E-state index contributed by atoms with van der Waals surface area (Å²) < 4.78 is 0. The third-order valence-corrected chi connectivity index (χ3v) is 2.38. The summed E-state index contributed by atoms with van der Waals surface area (Å²) in [6.45, 7) is 3.66. The molecule has 18 heavy (non-hydrogen) atoms. The third kappa shape index (κ3) is 4.73. The quantitative estimate of drug-likeness (QED) is 0.755. The molecule has 0 aliphatic rings. The first-order valence-corrected chi connectivity index (χ1v) is 5.37. The first kappa shape index (κ1) is 16.4. The van der Waals surface area contributed by atoms with Crippen LogP contribution in [0.15, 0.2) is 18.2 Å². The Balaban J connectivity index is 0.00000289. The number of halogens is 1. The molecular formula is C12H18ClN3O2. The molecule has 2 amide bonds. The fraction of sp³-hybridized carbons (Fsp3) is 0.333. The van der Waals surface area contributed by atoms with Gasteiger partial charge in [-0.3, -0.25) is 9.59 Å². The number of anilines is 1. The molecule has 0 atom stereocenters. The minimum atomic E-state index is -0.346. The number of amides is 2. The van der Waals surface area contributed by atoms with Crippen LogP contribution in [0.1, 0.15) is 11.1 Å². The van der Waals surface area contributed by atoms with E-state index in [0.717, 1.165) is 16.8 Å². The molecule has 0 spiro atoms. The SMILES string of the molecule is Cc1cccc(C)c1NC(=O)CNC(=O)CN.Cl. The lowest BCUT2D eigenvalue weighted by Gasteiger charge is -2.11. The van der Waals surface area contributed by atoms with Gasteiger partial charge in [-0.25, -0.2) is 0 Å². The second-order valence-electron chi connectivity index (χ2n) is 3.80. The molecule has 1 rings (SSSR count). The average molecular weight is 272 g/mol. The Labute approximate surface area is 113 Å². The standard InChI is InChI=1S/C12H17N3O2.ClH/c1-8-4-3-5-9(2)12(8)15-11(17)7-14-10(16)6-13;/h3-5H,6-7,13H2,1-2H3,(H,14,16)(H,15,17);1H. The smallest absolute Gasteiger partial charge is 0.243 e. The van der Waals surface area contributed by atoms with E-state index in [2.05, 4.69) is 10.6 Å². The van der Waals surface area contributed by atoms with E-state index >= 15 is 0 Å². The van der Waals surface area contributed by atoms with Crippen molar-refractivity contribution in [3.8, 4) is 0 Å². The van der Waals surface area contributed by atoms with Crippen molar-refractivity contribution in [3.63, 3.8) is 0 Å². The number of hydrogen-bond acceptors (Lipinski definition) is 3. The lowest BCUT2D eigenvalue weighted by molar-refractivity contribution is -0.123. The maximum Gasteiger partial charge on any atom is 0.243 e. The number of hydrogen-bond donors (Lipinski definition) is 3. The zero-order valence-corrected chi connectivity index (χ0v) is 11.3. The predicted molar refractivity (Wildman–Crippen MR) is 73.9 cm³/mol. The molecule has 0 saturated heterocycles. The van der Waals surface area contributed by atoms with E-state index in [0.29, 0.717) is 0 Å². The molecule has 1 aromatic carbocycles. The van der Waals surface area contributed by atoms with Gasteiger partial charge in [0.25, 0.3) is 0 Å². The number of benzene rings is 1. The Bertz CT molecular complexity index is 415. The molecule has 1 aromatic rings. The van der Waals surface area contributed by atoms with Crippen molar-refractivity contribution in [1.29, 1.82) is 0 Å². The van der Waals surface area contributed by atoms with Crippen molar-refractivity contribution < 1.29 is 9.59 Å². The summed E-state index contributed by atoms with van der Waals surface area (Å²) in [4.78, 5) is 22.5. The van der Waals surface area contributed by atoms with E-state index in [1.54, 1.807) is 0 Å². The molecule has 0 heterocycles. The normalized spacial score (nSPS) is 9.28. The zero-order valence-electron chi connectivity index (χ0n) is 10.4. The first-order valence-electron chi connectivity index (χ1n) is 5.37. The van der Waals surface area contributed by atoms with Gasteiger partial charge in [-0.1, -0.05) is 18.2 Å². The fourth-order valence-corrected chi connectivity index (χ4v) is 1.45. The lowest BCUT2D eigenvalue weighted by Crippen LogP contribution is -2.36. The molecule has 100 valence electrons. The average Bonchev–Trinajstić information content (AvgIpc) is 2.31. The van der Waals surface area contributed by atoms with Crippen LogP contribution < -0.4 is 16.4 Å². The van der Waals surface area contributed by atoms with Crippen LogP contribution in [-0.2, 0) is 9.59 Å². The molecule has 0 aliphatic heterocycles. The number of carbonyl (C=O) groups excluding carboxylic acids is 2. The van der Waals surface area contributed by atoms with Crippen molar-refractivity contribution >= 4 is 29.9 Å². The molecule has 0 saturated carbocycles. The van der Waals surface area contributed by atoms with Gasteiger partial charge in [-0.2, -0.15) is 0 Å². The highest BCUT2D eigenvalue weighted by atomic mass is 35.5. The molecule has 0 aliphatic carbocycles. The Morgan fingerprint density at radius 3 is 2.22 bits per heavy atom. The van der Waals surface area contributed by atoms with Crippen LogP contribution in [0.3, 0.4) is 0 Å². The molecule has 5 nitrogen and oxygen atoms in total. The highest BCUT2D eigenvalue weighted by Gasteiger charge is 2.07. The van der Waals surface area contributed by atoms with Gasteiger partial charge in [0.15, 0.2) is 0 Å². The summed E-state index contributed by atoms with van der Waals surface area (Å²) in [7, 11) is 0. The van der Waals surface area contributed by atoms with Crippen LogP contribution >= 0.6 is 12.4 Å². The van der Waals surface area contributed by atoms with Gasteiger partial charge in [0.1, 0.15) is 0 Å². The number of carbonyl (C=O) groups is 2. The van der Waals surface area contributed by atoms with Crippen LogP contribution in [0.25, 0.3) is 0 Å². The van der Waals surface area contributed by atoms with Crippen molar-refractivity contribution in [2.75, 3.05) is 18.4 Å². The summed E-state index contributed by atoms with van der Waals surface area (Å²) in [5, 5.41) is 5.18. The minimum Gasteiger partial charge on any atom is -0.346 e. The third-order valence-electron chi connectivity index (χ3n) is 2.38. The van der Waals surface area contributed by atoms with Crippen molar-refractivity contribution in [2.45, 2.75) is 13.8 Å². The molecule has 0 bridgehead atoms. The monoisotopic (exact) mass is 271 g/mol. The van der Waals surface area contributed by atoms with Crippen LogP contribution in [0.2, 0.25) is 0 Å². The number of aryl methyl sites for hydroxylation is 2. The van der Waals surface area contributed by atoms with Crippen LogP contribution in [-0.4, -0.2) is 24.9 Å². The minimum absolute atomic E-state index is 0. The molecule has 4 N–H and O–H groups in total.